The highest BCUT2D eigenvalue weighted by molar-refractivity contribution is 6.02. The lowest BCUT2D eigenvalue weighted by molar-refractivity contribution is 0.0699. The number of carbonyl (C=O) groups is 1. The molecule has 0 aliphatic rings. The Kier molecular flexibility index (Phi) is 2.66. The first-order valence-corrected chi connectivity index (χ1v) is 5.17. The van der Waals surface area contributed by atoms with Crippen LogP contribution in [0.5, 0.6) is 0 Å². The predicted molar refractivity (Wildman–Crippen MR) is 62.6 cm³/mol. The SMILES string of the molecule is C[C@H](N)Cc1c[nH]c2c(C(=O)O)cccc12. The fraction of sp³-hybridized carbons (Fsp3) is 0.250. The van der Waals surface area contributed by atoms with E-state index in [1.165, 1.54) is 0 Å². The summed E-state index contributed by atoms with van der Waals surface area (Å²) >= 11 is 0. The van der Waals surface area contributed by atoms with Crippen molar-refractivity contribution < 1.29 is 9.90 Å². The summed E-state index contributed by atoms with van der Waals surface area (Å²) in [4.78, 5) is 14.0. The van der Waals surface area contributed by atoms with Gasteiger partial charge < -0.3 is 15.8 Å². The molecule has 4 heteroatoms. The van der Waals surface area contributed by atoms with E-state index in [-0.39, 0.29) is 6.04 Å². The molecule has 4 N–H and O–H groups in total. The van der Waals surface area contributed by atoms with Crippen molar-refractivity contribution >= 4 is 16.9 Å². The summed E-state index contributed by atoms with van der Waals surface area (Å²) in [5.74, 6) is -0.917. The quantitative estimate of drug-likeness (QED) is 0.734. The number of carboxylic acids is 1. The summed E-state index contributed by atoms with van der Waals surface area (Å²) in [6, 6.07) is 5.32. The molecule has 0 saturated carbocycles. The normalized spacial score (nSPS) is 12.9. The van der Waals surface area contributed by atoms with Crippen LogP contribution in [0.25, 0.3) is 10.9 Å². The minimum atomic E-state index is -0.917. The fourth-order valence-corrected chi connectivity index (χ4v) is 1.91. The first-order chi connectivity index (χ1) is 7.59. The highest BCUT2D eigenvalue weighted by atomic mass is 16.4. The van der Waals surface area contributed by atoms with Gasteiger partial charge in [-0.25, -0.2) is 4.79 Å². The van der Waals surface area contributed by atoms with Gasteiger partial charge in [-0.3, -0.25) is 0 Å². The predicted octanol–water partition coefficient (Wildman–Crippen LogP) is 1.76. The molecule has 1 heterocycles. The second kappa shape index (κ2) is 3.98. The molecular weight excluding hydrogens is 204 g/mol. The lowest BCUT2D eigenvalue weighted by Crippen LogP contribution is -2.17. The number of fused-ring (bicyclic) bond motifs is 1. The van der Waals surface area contributed by atoms with E-state index in [0.717, 1.165) is 17.4 Å². The van der Waals surface area contributed by atoms with Crippen molar-refractivity contribution in [1.29, 1.82) is 0 Å². The minimum absolute atomic E-state index is 0.0625. The second-order valence-corrected chi connectivity index (χ2v) is 4.03. The number of aromatic nitrogens is 1. The van der Waals surface area contributed by atoms with Gasteiger partial charge >= 0.3 is 5.97 Å². The van der Waals surface area contributed by atoms with Gasteiger partial charge in [0.25, 0.3) is 0 Å². The molecule has 0 radical (unpaired) electrons. The second-order valence-electron chi connectivity index (χ2n) is 4.03. The Morgan fingerprint density at radius 2 is 2.31 bits per heavy atom. The van der Waals surface area contributed by atoms with Crippen molar-refractivity contribution in [2.45, 2.75) is 19.4 Å². The number of benzene rings is 1. The Labute approximate surface area is 93.1 Å². The number of carboxylic acid groups (broad SMARTS) is 1. The van der Waals surface area contributed by atoms with Crippen LogP contribution in [0.2, 0.25) is 0 Å². The van der Waals surface area contributed by atoms with Gasteiger partial charge in [-0.05, 0) is 25.0 Å². The molecule has 1 aromatic carbocycles. The van der Waals surface area contributed by atoms with Crippen LogP contribution in [-0.2, 0) is 6.42 Å². The molecular formula is C12H14N2O2. The smallest absolute Gasteiger partial charge is 0.337 e. The Morgan fingerprint density at radius 3 is 2.94 bits per heavy atom. The van der Waals surface area contributed by atoms with Gasteiger partial charge in [-0.1, -0.05) is 12.1 Å². The molecule has 16 heavy (non-hydrogen) atoms. The Balaban J connectivity index is 2.57. The number of nitrogens with one attached hydrogen (secondary N) is 1. The maximum Gasteiger partial charge on any atom is 0.337 e. The van der Waals surface area contributed by atoms with E-state index < -0.39 is 5.97 Å². The summed E-state index contributed by atoms with van der Waals surface area (Å²) in [6.07, 6.45) is 2.57. The van der Waals surface area contributed by atoms with Gasteiger partial charge in [-0.15, -0.1) is 0 Å². The average Bonchev–Trinajstić information content (AvgIpc) is 2.60. The monoisotopic (exact) mass is 218 g/mol. The molecule has 2 rings (SSSR count). The van der Waals surface area contributed by atoms with E-state index in [0.29, 0.717) is 11.1 Å². The molecule has 1 aromatic heterocycles. The summed E-state index contributed by atoms with van der Waals surface area (Å²) in [7, 11) is 0. The van der Waals surface area contributed by atoms with Crippen LogP contribution in [0.3, 0.4) is 0 Å². The van der Waals surface area contributed by atoms with Crippen LogP contribution in [-0.4, -0.2) is 22.1 Å². The molecule has 0 unspecified atom stereocenters. The van der Waals surface area contributed by atoms with Crippen molar-refractivity contribution in [3.63, 3.8) is 0 Å². The molecule has 1 atom stereocenters. The highest BCUT2D eigenvalue weighted by Gasteiger charge is 2.12. The number of aromatic amines is 1. The van der Waals surface area contributed by atoms with Gasteiger partial charge in [0.15, 0.2) is 0 Å². The van der Waals surface area contributed by atoms with Gasteiger partial charge in [-0.2, -0.15) is 0 Å². The molecule has 0 amide bonds. The number of hydrogen-bond acceptors (Lipinski definition) is 2. The summed E-state index contributed by atoms with van der Waals surface area (Å²) in [5.41, 5.74) is 7.78. The molecule has 0 aliphatic carbocycles. The number of nitrogens with two attached hydrogens (primary N) is 1. The molecule has 2 aromatic rings. The zero-order valence-electron chi connectivity index (χ0n) is 9.03. The molecule has 0 fully saturated rings. The number of para-hydroxylation sites is 1. The Morgan fingerprint density at radius 1 is 1.56 bits per heavy atom. The van der Waals surface area contributed by atoms with Gasteiger partial charge in [0.2, 0.25) is 0 Å². The number of hydrogen-bond donors (Lipinski definition) is 3. The van der Waals surface area contributed by atoms with Crippen LogP contribution in [0.1, 0.15) is 22.8 Å². The lowest BCUT2D eigenvalue weighted by Gasteiger charge is -2.03. The zero-order chi connectivity index (χ0) is 11.7. The summed E-state index contributed by atoms with van der Waals surface area (Å²) in [5, 5.41) is 9.97. The molecule has 0 spiro atoms. The van der Waals surface area contributed by atoms with Gasteiger partial charge in [0, 0.05) is 17.6 Å². The van der Waals surface area contributed by atoms with Crippen LogP contribution < -0.4 is 5.73 Å². The van der Waals surface area contributed by atoms with E-state index in [4.69, 9.17) is 10.8 Å². The largest absolute Gasteiger partial charge is 0.478 e. The number of aromatic carboxylic acids is 1. The van der Waals surface area contributed by atoms with Crippen LogP contribution in [0.4, 0.5) is 0 Å². The molecule has 84 valence electrons. The third kappa shape index (κ3) is 1.79. The molecule has 0 saturated heterocycles. The number of H-pyrrole nitrogens is 1. The fourth-order valence-electron chi connectivity index (χ4n) is 1.91. The third-order valence-corrected chi connectivity index (χ3v) is 2.57. The van der Waals surface area contributed by atoms with Crippen molar-refractivity contribution in [2.24, 2.45) is 5.73 Å². The minimum Gasteiger partial charge on any atom is -0.478 e. The average molecular weight is 218 g/mol. The molecule has 0 aliphatic heterocycles. The van der Waals surface area contributed by atoms with E-state index in [2.05, 4.69) is 4.98 Å². The zero-order valence-corrected chi connectivity index (χ0v) is 9.03. The van der Waals surface area contributed by atoms with Gasteiger partial charge in [0.1, 0.15) is 0 Å². The van der Waals surface area contributed by atoms with E-state index >= 15 is 0 Å². The van der Waals surface area contributed by atoms with E-state index in [1.54, 1.807) is 12.1 Å². The molecule has 4 nitrogen and oxygen atoms in total. The Bertz CT molecular complexity index is 529. The first kappa shape index (κ1) is 10.7. The lowest BCUT2D eigenvalue weighted by atomic mass is 10.0. The third-order valence-electron chi connectivity index (χ3n) is 2.57. The van der Waals surface area contributed by atoms with Gasteiger partial charge in [0.05, 0.1) is 11.1 Å². The van der Waals surface area contributed by atoms with E-state index in [1.807, 2.05) is 19.2 Å². The summed E-state index contributed by atoms with van der Waals surface area (Å²) in [6.45, 7) is 1.93. The number of rotatable bonds is 3. The highest BCUT2D eigenvalue weighted by Crippen LogP contribution is 2.22. The maximum atomic E-state index is 11.0. The van der Waals surface area contributed by atoms with E-state index in [9.17, 15) is 4.79 Å². The van der Waals surface area contributed by atoms with Crippen LogP contribution in [0, 0.1) is 0 Å². The van der Waals surface area contributed by atoms with Crippen molar-refractivity contribution in [1.82, 2.24) is 4.98 Å². The topological polar surface area (TPSA) is 79.1 Å². The van der Waals surface area contributed by atoms with Crippen molar-refractivity contribution in [3.8, 4) is 0 Å². The standard InChI is InChI=1S/C12H14N2O2/c1-7(13)5-8-6-14-11-9(8)3-2-4-10(11)12(15)16/h2-4,6-7,14H,5,13H2,1H3,(H,15,16)/t7-/m0/s1. The maximum absolute atomic E-state index is 11.0. The van der Waals surface area contributed by atoms with Crippen LogP contribution >= 0.6 is 0 Å². The van der Waals surface area contributed by atoms with Crippen molar-refractivity contribution in [2.75, 3.05) is 0 Å². The van der Waals surface area contributed by atoms with Crippen LogP contribution in [0.15, 0.2) is 24.4 Å². The van der Waals surface area contributed by atoms with Crippen molar-refractivity contribution in [3.05, 3.63) is 35.5 Å². The first-order valence-electron chi connectivity index (χ1n) is 5.17. The summed E-state index contributed by atoms with van der Waals surface area (Å²) < 4.78 is 0. The Hall–Kier alpha value is -1.81. The molecule has 0 bridgehead atoms.